The molecule has 1 aromatic rings. The van der Waals surface area contributed by atoms with E-state index in [1.807, 2.05) is 0 Å². The molecule has 0 aliphatic heterocycles. The maximum absolute atomic E-state index is 12.2. The van der Waals surface area contributed by atoms with Gasteiger partial charge in [-0.3, -0.25) is 0 Å². The molecule has 0 bridgehead atoms. The van der Waals surface area contributed by atoms with E-state index in [0.29, 0.717) is 6.54 Å². The van der Waals surface area contributed by atoms with Crippen LogP contribution in [-0.2, 0) is 6.54 Å². The van der Waals surface area contributed by atoms with Crippen LogP contribution < -0.4 is 5.32 Å². The maximum atomic E-state index is 12.2. The fraction of sp³-hybridized carbons (Fsp3) is 0.571. The lowest BCUT2D eigenvalue weighted by molar-refractivity contribution is -0.0328. The third-order valence-electron chi connectivity index (χ3n) is 3.59. The maximum Gasteiger partial charge on any atom is 0.446 e. The molecule has 0 spiro atoms. The van der Waals surface area contributed by atoms with Gasteiger partial charge in [0.15, 0.2) is 0 Å². The van der Waals surface area contributed by atoms with Crippen molar-refractivity contribution in [1.82, 2.24) is 5.32 Å². The number of aliphatic hydroxyl groups excluding tert-OH is 1. The Hall–Kier alpha value is -0.720. The highest BCUT2D eigenvalue weighted by Crippen LogP contribution is 2.47. The van der Waals surface area contributed by atoms with Crippen molar-refractivity contribution in [3.8, 4) is 0 Å². The third-order valence-corrected chi connectivity index (χ3v) is 4.32. The Morgan fingerprint density at radius 2 is 1.85 bits per heavy atom. The summed E-state index contributed by atoms with van der Waals surface area (Å²) in [4.78, 5) is 0.209. The summed E-state index contributed by atoms with van der Waals surface area (Å²) in [6.07, 6.45) is 3.10. The molecule has 2 N–H and O–H groups in total. The molecule has 6 heteroatoms. The minimum atomic E-state index is -4.23. The van der Waals surface area contributed by atoms with Crippen LogP contribution in [0.1, 0.15) is 24.8 Å². The van der Waals surface area contributed by atoms with Crippen LogP contribution in [0.25, 0.3) is 0 Å². The van der Waals surface area contributed by atoms with E-state index in [0.717, 1.165) is 31.4 Å². The SMILES string of the molecule is OCCC1(CNCc2ccc(SC(F)(F)F)cc2)CC1. The van der Waals surface area contributed by atoms with Gasteiger partial charge in [0.05, 0.1) is 0 Å². The van der Waals surface area contributed by atoms with Gasteiger partial charge in [0, 0.05) is 24.6 Å². The lowest BCUT2D eigenvalue weighted by Crippen LogP contribution is -2.24. The summed E-state index contributed by atoms with van der Waals surface area (Å²) in [5, 5.41) is 12.3. The van der Waals surface area contributed by atoms with Crippen LogP contribution in [0.2, 0.25) is 0 Å². The van der Waals surface area contributed by atoms with Crippen LogP contribution in [0.4, 0.5) is 13.2 Å². The van der Waals surface area contributed by atoms with Crippen LogP contribution in [0.3, 0.4) is 0 Å². The molecule has 0 radical (unpaired) electrons. The van der Waals surface area contributed by atoms with E-state index in [4.69, 9.17) is 5.11 Å². The fourth-order valence-electron chi connectivity index (χ4n) is 2.21. The van der Waals surface area contributed by atoms with Gasteiger partial charge >= 0.3 is 5.51 Å². The first kappa shape index (κ1) is 15.7. The van der Waals surface area contributed by atoms with Crippen LogP contribution in [0, 0.1) is 5.41 Å². The summed E-state index contributed by atoms with van der Waals surface area (Å²) < 4.78 is 36.6. The van der Waals surface area contributed by atoms with Crippen LogP contribution in [0.15, 0.2) is 29.2 Å². The molecule has 0 unspecified atom stereocenters. The number of hydrogen-bond donors (Lipinski definition) is 2. The molecule has 1 fully saturated rings. The Labute approximate surface area is 120 Å². The highest BCUT2D eigenvalue weighted by atomic mass is 32.2. The summed E-state index contributed by atoms with van der Waals surface area (Å²) in [5.41, 5.74) is -3.01. The van der Waals surface area contributed by atoms with Gasteiger partial charge < -0.3 is 10.4 Å². The lowest BCUT2D eigenvalue weighted by Gasteiger charge is -2.14. The number of aliphatic hydroxyl groups is 1. The van der Waals surface area contributed by atoms with Gasteiger partial charge in [-0.2, -0.15) is 13.2 Å². The molecule has 0 atom stereocenters. The Morgan fingerprint density at radius 3 is 2.35 bits per heavy atom. The van der Waals surface area contributed by atoms with Crippen LogP contribution in [0.5, 0.6) is 0 Å². The van der Waals surface area contributed by atoms with Crippen molar-refractivity contribution in [2.75, 3.05) is 13.2 Å². The summed E-state index contributed by atoms with van der Waals surface area (Å²) in [6.45, 7) is 1.71. The molecule has 112 valence electrons. The van der Waals surface area contributed by atoms with E-state index in [2.05, 4.69) is 5.32 Å². The predicted molar refractivity (Wildman–Crippen MR) is 73.4 cm³/mol. The first-order chi connectivity index (χ1) is 9.42. The molecule has 1 aliphatic carbocycles. The van der Waals surface area contributed by atoms with E-state index in [1.54, 1.807) is 12.1 Å². The second kappa shape index (κ2) is 6.37. The van der Waals surface area contributed by atoms with Crippen molar-refractivity contribution < 1.29 is 18.3 Å². The third kappa shape index (κ3) is 5.00. The van der Waals surface area contributed by atoms with E-state index in [-0.39, 0.29) is 28.7 Å². The fourth-order valence-corrected chi connectivity index (χ4v) is 2.75. The highest BCUT2D eigenvalue weighted by Gasteiger charge is 2.41. The zero-order chi connectivity index (χ0) is 14.6. The van der Waals surface area contributed by atoms with Gasteiger partial charge in [-0.1, -0.05) is 12.1 Å². The van der Waals surface area contributed by atoms with Gasteiger partial charge in [-0.05, 0) is 54.1 Å². The van der Waals surface area contributed by atoms with Crippen molar-refractivity contribution in [3.05, 3.63) is 29.8 Å². The first-order valence-electron chi connectivity index (χ1n) is 6.59. The quantitative estimate of drug-likeness (QED) is 0.756. The topological polar surface area (TPSA) is 32.3 Å². The van der Waals surface area contributed by atoms with Gasteiger partial charge in [0.2, 0.25) is 0 Å². The summed E-state index contributed by atoms with van der Waals surface area (Å²) in [7, 11) is 0. The van der Waals surface area contributed by atoms with Gasteiger partial charge in [-0.25, -0.2) is 0 Å². The van der Waals surface area contributed by atoms with Crippen molar-refractivity contribution in [3.63, 3.8) is 0 Å². The number of thioether (sulfide) groups is 1. The number of benzene rings is 1. The average Bonchev–Trinajstić information content (AvgIpc) is 3.10. The van der Waals surface area contributed by atoms with Crippen molar-refractivity contribution >= 4 is 11.8 Å². The molecule has 1 aliphatic rings. The molecule has 2 rings (SSSR count). The second-order valence-electron chi connectivity index (χ2n) is 5.27. The second-order valence-corrected chi connectivity index (χ2v) is 6.41. The van der Waals surface area contributed by atoms with E-state index < -0.39 is 5.51 Å². The highest BCUT2D eigenvalue weighted by molar-refractivity contribution is 8.00. The first-order valence-corrected chi connectivity index (χ1v) is 7.40. The predicted octanol–water partition coefficient (Wildman–Crippen LogP) is 3.55. The van der Waals surface area contributed by atoms with Gasteiger partial charge in [0.1, 0.15) is 0 Å². The van der Waals surface area contributed by atoms with Crippen molar-refractivity contribution in [1.29, 1.82) is 0 Å². The molecule has 0 aromatic heterocycles. The zero-order valence-electron chi connectivity index (χ0n) is 11.0. The number of nitrogens with one attached hydrogen (secondary N) is 1. The summed E-state index contributed by atoms with van der Waals surface area (Å²) in [5.74, 6) is 0. The van der Waals surface area contributed by atoms with Crippen LogP contribution in [-0.4, -0.2) is 23.8 Å². The Kier molecular flexibility index (Phi) is 4.99. The number of halogens is 3. The van der Waals surface area contributed by atoms with E-state index in [1.165, 1.54) is 12.1 Å². The summed E-state index contributed by atoms with van der Waals surface area (Å²) in [6, 6.07) is 6.42. The van der Waals surface area contributed by atoms with Crippen LogP contribution >= 0.6 is 11.8 Å². The standard InChI is InChI=1S/C14H18F3NOS/c15-14(16,17)20-12-3-1-11(2-4-12)9-18-10-13(5-6-13)7-8-19/h1-4,18-19H,5-10H2. The number of alkyl halides is 3. The van der Waals surface area contributed by atoms with Crippen molar-refractivity contribution in [2.45, 2.75) is 36.2 Å². The molecule has 0 amide bonds. The zero-order valence-corrected chi connectivity index (χ0v) is 11.9. The molecule has 0 heterocycles. The molecule has 20 heavy (non-hydrogen) atoms. The molecular weight excluding hydrogens is 287 g/mol. The molecular formula is C14H18F3NOS. The van der Waals surface area contributed by atoms with E-state index >= 15 is 0 Å². The minimum Gasteiger partial charge on any atom is -0.396 e. The normalized spacial score (nSPS) is 17.2. The largest absolute Gasteiger partial charge is 0.446 e. The van der Waals surface area contributed by atoms with Gasteiger partial charge in [0.25, 0.3) is 0 Å². The monoisotopic (exact) mass is 305 g/mol. The molecule has 1 saturated carbocycles. The molecule has 1 aromatic carbocycles. The minimum absolute atomic E-state index is 0.0940. The Bertz CT molecular complexity index is 429. The Morgan fingerprint density at radius 1 is 1.20 bits per heavy atom. The number of rotatable bonds is 7. The van der Waals surface area contributed by atoms with Crippen molar-refractivity contribution in [2.24, 2.45) is 5.41 Å². The number of hydrogen-bond acceptors (Lipinski definition) is 3. The summed E-state index contributed by atoms with van der Waals surface area (Å²) >= 11 is -0.0940. The lowest BCUT2D eigenvalue weighted by atomic mass is 10.0. The average molecular weight is 305 g/mol. The molecule has 2 nitrogen and oxygen atoms in total. The Balaban J connectivity index is 1.76. The smallest absolute Gasteiger partial charge is 0.396 e. The van der Waals surface area contributed by atoms with E-state index in [9.17, 15) is 13.2 Å². The van der Waals surface area contributed by atoms with Gasteiger partial charge in [-0.15, -0.1) is 0 Å². The molecule has 0 saturated heterocycles.